The van der Waals surface area contributed by atoms with Crippen LogP contribution in [0.5, 0.6) is 5.75 Å². The molecule has 4 atom stereocenters. The Morgan fingerprint density at radius 1 is 0.704 bits per heavy atom. The highest BCUT2D eigenvalue weighted by Crippen LogP contribution is 2.48. The fraction of sp³-hybridized carbons (Fsp3) is 0.333. The van der Waals surface area contributed by atoms with Crippen LogP contribution in [0.4, 0.5) is 4.79 Å². The fourth-order valence-electron chi connectivity index (χ4n) is 6.00. The van der Waals surface area contributed by atoms with E-state index in [4.69, 9.17) is 10.6 Å². The summed E-state index contributed by atoms with van der Waals surface area (Å²) >= 11 is 1.46. The summed E-state index contributed by atoms with van der Waals surface area (Å²) in [4.78, 5) is 54.5. The molecule has 0 radical (unpaired) electrons. The molecule has 0 aromatic heterocycles. The molecule has 4 aromatic carbocycles. The molecule has 4 rings (SSSR count). The normalized spacial score (nSPS) is 13.7. The maximum Gasteiger partial charge on any atom is 0.408 e. The summed E-state index contributed by atoms with van der Waals surface area (Å²) in [7, 11) is 0. The number of hydrogen-bond acceptors (Lipinski definition) is 8. The van der Waals surface area contributed by atoms with Crippen LogP contribution >= 0.6 is 11.8 Å². The largest absolute Gasteiger partial charge is 0.508 e. The molecule has 4 amide bonds. The van der Waals surface area contributed by atoms with Crippen molar-refractivity contribution < 1.29 is 29.0 Å². The van der Waals surface area contributed by atoms with Crippen LogP contribution in [-0.2, 0) is 30.3 Å². The summed E-state index contributed by atoms with van der Waals surface area (Å²) in [6.45, 7) is 8.87. The minimum Gasteiger partial charge on any atom is -0.508 e. The maximum absolute atomic E-state index is 14.5. The number of carbonyl (C=O) groups excluding carboxylic acids is 4. The highest BCUT2D eigenvalue weighted by Gasteiger charge is 2.39. The molecule has 0 heterocycles. The molecule has 4 aromatic rings. The lowest BCUT2D eigenvalue weighted by molar-refractivity contribution is -0.133. The fourth-order valence-corrected chi connectivity index (χ4v) is 7.56. The number of amides is 4. The lowest BCUT2D eigenvalue weighted by atomic mass is 9.84. The number of aromatic hydroxyl groups is 1. The van der Waals surface area contributed by atoms with Crippen molar-refractivity contribution in [1.82, 2.24) is 21.4 Å². The Morgan fingerprint density at radius 3 is 1.63 bits per heavy atom. The van der Waals surface area contributed by atoms with Gasteiger partial charge in [0.15, 0.2) is 0 Å². The second-order valence-electron chi connectivity index (χ2n) is 14.1. The van der Waals surface area contributed by atoms with Crippen LogP contribution in [0.25, 0.3) is 0 Å². The van der Waals surface area contributed by atoms with Crippen LogP contribution in [0.1, 0.15) is 63.3 Å². The number of thioether (sulfide) groups is 1. The standard InChI is InChI=1S/C42H51N5O6S/c1-6-28(2)36(39(51)47-43)46-37(49)34(26-29-22-24-33(48)25-23-29)44-38(50)35(45-40(52)53-41(3,4)5)27-54-42(30-16-10-7-11-17-30,31-18-12-8-13-19-31)32-20-14-9-15-21-32/h7-25,28,34-36,48H,6,26-27,43H2,1-5H3,(H,44,50)(H,45,52)(H,46,49)(H,47,51)/t28-,34-,35-,36-/m0/s1. The van der Waals surface area contributed by atoms with Crippen LogP contribution in [-0.4, -0.2) is 58.4 Å². The number of benzene rings is 4. The quantitative estimate of drug-likeness (QED) is 0.0374. The van der Waals surface area contributed by atoms with Crippen molar-refractivity contribution in [3.05, 3.63) is 138 Å². The second-order valence-corrected chi connectivity index (χ2v) is 15.3. The smallest absolute Gasteiger partial charge is 0.408 e. The molecule has 0 unspecified atom stereocenters. The summed E-state index contributed by atoms with van der Waals surface area (Å²) in [6, 6.07) is 32.7. The molecule has 0 aliphatic carbocycles. The van der Waals surface area contributed by atoms with Crippen LogP contribution < -0.4 is 27.2 Å². The van der Waals surface area contributed by atoms with Gasteiger partial charge in [0.05, 0.1) is 4.75 Å². The third kappa shape index (κ3) is 11.1. The van der Waals surface area contributed by atoms with Crippen molar-refractivity contribution >= 4 is 35.6 Å². The molecule has 0 fully saturated rings. The predicted molar refractivity (Wildman–Crippen MR) is 212 cm³/mol. The van der Waals surface area contributed by atoms with Gasteiger partial charge in [-0.2, -0.15) is 0 Å². The first-order valence-corrected chi connectivity index (χ1v) is 18.9. The van der Waals surface area contributed by atoms with E-state index in [0.29, 0.717) is 12.0 Å². The Morgan fingerprint density at radius 2 is 1.19 bits per heavy atom. The number of phenols is 1. The topological polar surface area (TPSA) is 172 Å². The first-order chi connectivity index (χ1) is 25.8. The number of ether oxygens (including phenoxy) is 1. The number of nitrogens with two attached hydrogens (primary N) is 1. The average molecular weight is 754 g/mol. The summed E-state index contributed by atoms with van der Waals surface area (Å²) in [5.74, 6) is 3.44. The van der Waals surface area contributed by atoms with Crippen LogP contribution in [0.15, 0.2) is 115 Å². The van der Waals surface area contributed by atoms with E-state index in [-0.39, 0.29) is 23.8 Å². The minimum atomic E-state index is -1.19. The van der Waals surface area contributed by atoms with Crippen molar-refractivity contribution in [2.24, 2.45) is 11.8 Å². The molecule has 286 valence electrons. The molecule has 0 aliphatic heterocycles. The second kappa shape index (κ2) is 19.1. The zero-order valence-corrected chi connectivity index (χ0v) is 32.2. The number of alkyl carbamates (subject to hydrolysis) is 1. The summed E-state index contributed by atoms with van der Waals surface area (Å²) < 4.78 is 4.78. The Labute approximate surface area is 321 Å². The van der Waals surface area contributed by atoms with Crippen LogP contribution in [0.3, 0.4) is 0 Å². The van der Waals surface area contributed by atoms with Gasteiger partial charge in [0.1, 0.15) is 29.5 Å². The molecule has 0 saturated heterocycles. The number of rotatable bonds is 16. The predicted octanol–water partition coefficient (Wildman–Crippen LogP) is 5.56. The van der Waals surface area contributed by atoms with Gasteiger partial charge in [-0.1, -0.05) is 123 Å². The maximum atomic E-state index is 14.5. The molecule has 0 bridgehead atoms. The van der Waals surface area contributed by atoms with Gasteiger partial charge in [0.25, 0.3) is 5.91 Å². The van der Waals surface area contributed by atoms with E-state index in [9.17, 15) is 24.3 Å². The third-order valence-electron chi connectivity index (χ3n) is 8.96. The van der Waals surface area contributed by atoms with E-state index in [0.717, 1.165) is 16.7 Å². The highest BCUT2D eigenvalue weighted by molar-refractivity contribution is 8.00. The first kappa shape index (κ1) is 41.4. The van der Waals surface area contributed by atoms with Crippen LogP contribution in [0, 0.1) is 5.92 Å². The van der Waals surface area contributed by atoms with E-state index in [1.54, 1.807) is 32.9 Å². The lowest BCUT2D eigenvalue weighted by Crippen LogP contribution is -2.59. The van der Waals surface area contributed by atoms with Crippen molar-refractivity contribution in [2.45, 2.75) is 75.9 Å². The van der Waals surface area contributed by atoms with E-state index in [1.807, 2.05) is 105 Å². The first-order valence-electron chi connectivity index (χ1n) is 18.0. The van der Waals surface area contributed by atoms with Gasteiger partial charge in [-0.25, -0.2) is 10.6 Å². The molecule has 0 spiro atoms. The number of phenolic OH excluding ortho intramolecular Hbond substituents is 1. The minimum absolute atomic E-state index is 0.0175. The third-order valence-corrected chi connectivity index (χ3v) is 10.6. The van der Waals surface area contributed by atoms with Gasteiger partial charge in [-0.15, -0.1) is 11.8 Å². The van der Waals surface area contributed by atoms with Gasteiger partial charge in [0, 0.05) is 12.2 Å². The molecular formula is C42H51N5O6S. The lowest BCUT2D eigenvalue weighted by Gasteiger charge is -2.36. The van der Waals surface area contributed by atoms with Gasteiger partial charge in [-0.05, 0) is 61.1 Å². The summed E-state index contributed by atoms with van der Waals surface area (Å²) in [5.41, 5.74) is 4.79. The number of hydrazine groups is 1. The van der Waals surface area contributed by atoms with Crippen LogP contribution in [0.2, 0.25) is 0 Å². The van der Waals surface area contributed by atoms with Gasteiger partial charge in [-0.3, -0.25) is 19.8 Å². The molecule has 11 nitrogen and oxygen atoms in total. The van der Waals surface area contributed by atoms with Crippen molar-refractivity contribution in [3.8, 4) is 5.75 Å². The van der Waals surface area contributed by atoms with E-state index in [2.05, 4.69) is 21.4 Å². The molecule has 12 heteroatoms. The number of nitrogens with one attached hydrogen (secondary N) is 4. The average Bonchev–Trinajstić information content (AvgIpc) is 3.17. The van der Waals surface area contributed by atoms with Crippen molar-refractivity contribution in [3.63, 3.8) is 0 Å². The molecule has 0 saturated carbocycles. The summed E-state index contributed by atoms with van der Waals surface area (Å²) in [5, 5.41) is 18.3. The Kier molecular flexibility index (Phi) is 14.7. The van der Waals surface area contributed by atoms with E-state index in [1.165, 1.54) is 23.9 Å². The van der Waals surface area contributed by atoms with E-state index < -0.39 is 52.3 Å². The van der Waals surface area contributed by atoms with E-state index >= 15 is 0 Å². The van der Waals surface area contributed by atoms with Crippen molar-refractivity contribution in [1.29, 1.82) is 0 Å². The van der Waals surface area contributed by atoms with Crippen molar-refractivity contribution in [2.75, 3.05) is 5.75 Å². The summed E-state index contributed by atoms with van der Waals surface area (Å²) in [6.07, 6.45) is -0.217. The number of hydrogen-bond donors (Lipinski definition) is 6. The van der Waals surface area contributed by atoms with Gasteiger partial charge in [0.2, 0.25) is 11.8 Å². The Balaban J connectivity index is 1.75. The monoisotopic (exact) mass is 753 g/mol. The van der Waals surface area contributed by atoms with Gasteiger partial charge >= 0.3 is 6.09 Å². The molecule has 7 N–H and O–H groups in total. The zero-order chi connectivity index (χ0) is 39.3. The molecular weight excluding hydrogens is 703 g/mol. The Hall–Kier alpha value is -5.33. The highest BCUT2D eigenvalue weighted by atomic mass is 32.2. The SMILES string of the molecule is CC[C@H](C)[C@H](NC(=O)[C@H](Cc1ccc(O)cc1)NC(=O)[C@H](CSC(c1ccccc1)(c1ccccc1)c1ccccc1)NC(=O)OC(C)(C)C)C(=O)NN. The molecule has 54 heavy (non-hydrogen) atoms. The number of carbonyl (C=O) groups is 4. The zero-order valence-electron chi connectivity index (χ0n) is 31.4. The Bertz CT molecular complexity index is 1720. The van der Waals surface area contributed by atoms with Gasteiger partial charge < -0.3 is 25.8 Å². The molecule has 0 aliphatic rings.